The number of anilines is 1. The van der Waals surface area contributed by atoms with Gasteiger partial charge in [-0.25, -0.2) is 8.42 Å². The van der Waals surface area contributed by atoms with Gasteiger partial charge in [-0.2, -0.15) is 17.2 Å². The Morgan fingerprint density at radius 2 is 1.18 bits per heavy atom. The van der Waals surface area contributed by atoms with E-state index in [1.165, 1.54) is 87.8 Å². The van der Waals surface area contributed by atoms with Crippen LogP contribution in [0.2, 0.25) is 0 Å². The highest BCUT2D eigenvalue weighted by Crippen LogP contribution is 2.18. The summed E-state index contributed by atoms with van der Waals surface area (Å²) in [7, 11) is -7.39. The van der Waals surface area contributed by atoms with Gasteiger partial charge in [0.15, 0.2) is 0 Å². The van der Waals surface area contributed by atoms with Crippen molar-refractivity contribution in [3.63, 3.8) is 0 Å². The molecule has 1 aliphatic rings. The van der Waals surface area contributed by atoms with Gasteiger partial charge in [-0.3, -0.25) is 0 Å². The second kappa shape index (κ2) is 13.4. The number of unbranched alkanes of at least 4 members (excludes halogenated alkanes) is 8. The van der Waals surface area contributed by atoms with E-state index in [4.69, 9.17) is 0 Å². The van der Waals surface area contributed by atoms with Gasteiger partial charge in [0, 0.05) is 12.2 Å². The summed E-state index contributed by atoms with van der Waals surface area (Å²) in [5, 5.41) is 3.33. The molecule has 1 N–H and O–H groups in total. The molecule has 182 valence electrons. The molecular weight excluding hydrogens is 458 g/mol. The van der Waals surface area contributed by atoms with Crippen molar-refractivity contribution in [1.29, 1.82) is 0 Å². The van der Waals surface area contributed by atoms with Crippen molar-refractivity contribution in [2.24, 2.45) is 8.80 Å². The van der Waals surface area contributed by atoms with Crippen LogP contribution in [0.1, 0.15) is 64.7 Å². The van der Waals surface area contributed by atoms with Crippen LogP contribution in [-0.2, 0) is 20.0 Å². The van der Waals surface area contributed by atoms with Gasteiger partial charge in [-0.1, -0.05) is 58.3 Å². The average molecular weight is 494 g/mol. The minimum absolute atomic E-state index is 0.0982. The van der Waals surface area contributed by atoms with E-state index in [1.54, 1.807) is 12.1 Å². The molecule has 0 aliphatic heterocycles. The third-order valence-electron chi connectivity index (χ3n) is 5.11. The molecule has 0 amide bonds. The summed E-state index contributed by atoms with van der Waals surface area (Å²) < 4.78 is 54.9. The van der Waals surface area contributed by atoms with Gasteiger partial charge >= 0.3 is 0 Å². The van der Waals surface area contributed by atoms with Crippen molar-refractivity contribution >= 4 is 37.2 Å². The minimum Gasteiger partial charge on any atom is -0.385 e. The first kappa shape index (κ1) is 27.0. The predicted octanol–water partition coefficient (Wildman–Crippen LogP) is 5.29. The molecule has 0 saturated carbocycles. The zero-order valence-corrected chi connectivity index (χ0v) is 21.2. The highest BCUT2D eigenvalue weighted by atomic mass is 32.2. The third kappa shape index (κ3) is 10.9. The third-order valence-corrected chi connectivity index (χ3v) is 6.97. The van der Waals surface area contributed by atoms with Crippen LogP contribution in [0.15, 0.2) is 62.3 Å². The molecule has 1 aromatic rings. The van der Waals surface area contributed by atoms with Gasteiger partial charge in [-0.15, -0.1) is 0 Å². The van der Waals surface area contributed by atoms with Crippen LogP contribution in [-0.4, -0.2) is 41.1 Å². The lowest BCUT2D eigenvalue weighted by molar-refractivity contribution is 0.569. The fourth-order valence-corrected chi connectivity index (χ4v) is 4.86. The normalized spacial score (nSPS) is 13.9. The second-order valence-electron chi connectivity index (χ2n) is 8.19. The van der Waals surface area contributed by atoms with E-state index in [2.05, 4.69) is 21.0 Å². The average Bonchev–Trinajstić information content (AvgIpc) is 2.75. The fourth-order valence-electron chi connectivity index (χ4n) is 3.37. The van der Waals surface area contributed by atoms with E-state index in [9.17, 15) is 16.8 Å². The molecule has 33 heavy (non-hydrogen) atoms. The molecule has 0 aromatic heterocycles. The molecular formula is C24H35N3O4S2. The maximum absolute atomic E-state index is 12.6. The Kier molecular flexibility index (Phi) is 11.0. The summed E-state index contributed by atoms with van der Waals surface area (Å²) in [5.41, 5.74) is 1.30. The Balaban J connectivity index is 1.79. The first-order chi connectivity index (χ1) is 15.7. The maximum Gasteiger partial charge on any atom is 0.282 e. The summed E-state index contributed by atoms with van der Waals surface area (Å²) in [6.45, 7) is 3.09. The summed E-state index contributed by atoms with van der Waals surface area (Å²) in [4.78, 5) is 0.0982. The Morgan fingerprint density at radius 1 is 0.697 bits per heavy atom. The van der Waals surface area contributed by atoms with Crippen LogP contribution < -0.4 is 5.32 Å². The van der Waals surface area contributed by atoms with E-state index in [1.807, 2.05) is 0 Å². The molecule has 0 spiro atoms. The van der Waals surface area contributed by atoms with Crippen LogP contribution in [0.3, 0.4) is 0 Å². The largest absolute Gasteiger partial charge is 0.385 e. The summed E-state index contributed by atoms with van der Waals surface area (Å²) in [5.74, 6) is 0. The molecule has 0 saturated heterocycles. The Bertz CT molecular complexity index is 1070. The molecule has 0 atom stereocenters. The maximum atomic E-state index is 12.6. The molecule has 1 aliphatic carbocycles. The van der Waals surface area contributed by atoms with Crippen molar-refractivity contribution < 1.29 is 16.8 Å². The van der Waals surface area contributed by atoms with Crippen LogP contribution in [0, 0.1) is 0 Å². The molecule has 0 fully saturated rings. The number of nitrogens with zero attached hydrogens (tertiary/aromatic N) is 2. The van der Waals surface area contributed by atoms with Crippen LogP contribution in [0.4, 0.5) is 5.69 Å². The van der Waals surface area contributed by atoms with Crippen molar-refractivity contribution in [2.75, 3.05) is 18.1 Å². The van der Waals surface area contributed by atoms with Crippen LogP contribution in [0.25, 0.3) is 0 Å². The first-order valence-corrected chi connectivity index (χ1v) is 14.8. The highest BCUT2D eigenvalue weighted by Gasteiger charge is 2.14. The van der Waals surface area contributed by atoms with Crippen molar-refractivity contribution in [3.05, 3.63) is 48.6 Å². The van der Waals surface area contributed by atoms with Crippen LogP contribution >= 0.6 is 0 Å². The Hall–Kier alpha value is -2.26. The number of hydrogen-bond donors (Lipinski definition) is 1. The lowest BCUT2D eigenvalue weighted by atomic mass is 10.1. The van der Waals surface area contributed by atoms with E-state index in [0.29, 0.717) is 0 Å². The molecule has 2 rings (SSSR count). The molecule has 7 nitrogen and oxygen atoms in total. The molecule has 1 aromatic carbocycles. The van der Waals surface area contributed by atoms with E-state index >= 15 is 0 Å². The molecule has 9 heteroatoms. The summed E-state index contributed by atoms with van der Waals surface area (Å²) >= 11 is 0. The van der Waals surface area contributed by atoms with Crippen molar-refractivity contribution in [1.82, 2.24) is 0 Å². The zero-order valence-electron chi connectivity index (χ0n) is 19.5. The Labute approximate surface area is 198 Å². The van der Waals surface area contributed by atoms with Crippen LogP contribution in [0.5, 0.6) is 0 Å². The lowest BCUT2D eigenvalue weighted by Crippen LogP contribution is -2.07. The number of benzene rings is 1. The standard InChI is InChI=1S/C24H35N3O4S2/c1-3-4-5-6-7-8-9-10-11-20-25-21-16-18-24(19-17-21)33(30,31)27-23-14-12-22(13-15-23)26-32(2,28)29/h12-19,25H,3-11,20H2,1-2H3. The number of hydrogen-bond acceptors (Lipinski definition) is 5. The van der Waals surface area contributed by atoms with E-state index < -0.39 is 20.0 Å². The number of nitrogens with one attached hydrogen (secondary N) is 1. The van der Waals surface area contributed by atoms with E-state index in [-0.39, 0.29) is 16.3 Å². The van der Waals surface area contributed by atoms with Gasteiger partial charge < -0.3 is 5.32 Å². The number of allylic oxidation sites excluding steroid dienone is 4. The van der Waals surface area contributed by atoms with Gasteiger partial charge in [0.25, 0.3) is 20.0 Å². The van der Waals surface area contributed by atoms with Crippen molar-refractivity contribution in [2.45, 2.75) is 69.6 Å². The second-order valence-corrected chi connectivity index (χ2v) is 11.4. The highest BCUT2D eigenvalue weighted by molar-refractivity contribution is 7.90. The molecule has 0 bridgehead atoms. The fraction of sp³-hybridized carbons (Fsp3) is 0.500. The topological polar surface area (TPSA) is 105 Å². The van der Waals surface area contributed by atoms with Gasteiger partial charge in [0.05, 0.1) is 22.6 Å². The number of rotatable bonds is 14. The number of sulfonamides is 2. The predicted molar refractivity (Wildman–Crippen MR) is 137 cm³/mol. The monoisotopic (exact) mass is 493 g/mol. The lowest BCUT2D eigenvalue weighted by Gasteiger charge is -2.08. The van der Waals surface area contributed by atoms with Gasteiger partial charge in [0.1, 0.15) is 0 Å². The van der Waals surface area contributed by atoms with Gasteiger partial charge in [-0.05, 0) is 55.0 Å². The summed E-state index contributed by atoms with van der Waals surface area (Å²) in [6.07, 6.45) is 18.2. The minimum atomic E-state index is -3.87. The molecule has 0 radical (unpaired) electrons. The molecule has 0 heterocycles. The molecule has 0 unspecified atom stereocenters. The first-order valence-electron chi connectivity index (χ1n) is 11.5. The Morgan fingerprint density at radius 3 is 1.70 bits per heavy atom. The quantitative estimate of drug-likeness (QED) is 0.280. The smallest absolute Gasteiger partial charge is 0.282 e. The van der Waals surface area contributed by atoms with Crippen molar-refractivity contribution in [3.8, 4) is 0 Å². The summed E-state index contributed by atoms with van der Waals surface area (Å²) in [6, 6.07) is 6.55. The van der Waals surface area contributed by atoms with E-state index in [0.717, 1.165) is 24.9 Å². The van der Waals surface area contributed by atoms with Gasteiger partial charge in [0.2, 0.25) is 0 Å². The SMILES string of the molecule is CCCCCCCCCCCNc1ccc(S(=O)(=O)N=C2C=CC(=NS(C)(=O)=O)C=C2)cc1. The zero-order chi connectivity index (χ0) is 24.2.